The van der Waals surface area contributed by atoms with Crippen molar-refractivity contribution in [3.05, 3.63) is 57.8 Å². The first-order valence-corrected chi connectivity index (χ1v) is 9.39. The normalized spacial score (nSPS) is 18.0. The second-order valence-electron chi connectivity index (χ2n) is 7.49. The molecule has 1 spiro atoms. The number of nitrogens with one attached hydrogen (secondary N) is 1. The Hall–Kier alpha value is -2.96. The van der Waals surface area contributed by atoms with Gasteiger partial charge in [-0.25, -0.2) is 4.98 Å². The van der Waals surface area contributed by atoms with Crippen molar-refractivity contribution in [2.45, 2.75) is 38.0 Å². The van der Waals surface area contributed by atoms with Gasteiger partial charge in [0.25, 0.3) is 11.5 Å². The Morgan fingerprint density at radius 2 is 1.89 bits per heavy atom. The van der Waals surface area contributed by atoms with Crippen LogP contribution < -0.4 is 10.5 Å². The van der Waals surface area contributed by atoms with Gasteiger partial charge in [-0.3, -0.25) is 4.79 Å². The van der Waals surface area contributed by atoms with Crippen LogP contribution in [0, 0.1) is 6.92 Å². The zero-order valence-corrected chi connectivity index (χ0v) is 15.2. The fraction of sp³-hybridized carbons (Fsp3) is 0.400. The summed E-state index contributed by atoms with van der Waals surface area (Å²) in [5.74, 6) is 1.90. The van der Waals surface area contributed by atoms with E-state index in [1.807, 2.05) is 30.3 Å². The number of benzene rings is 1. The highest BCUT2D eigenvalue weighted by Crippen LogP contribution is 2.45. The van der Waals surface area contributed by atoms with E-state index in [-0.39, 0.29) is 11.0 Å². The van der Waals surface area contributed by atoms with E-state index in [1.54, 1.807) is 6.92 Å². The smallest absolute Gasteiger partial charge is 0.266 e. The van der Waals surface area contributed by atoms with Crippen LogP contribution in [-0.2, 0) is 11.8 Å². The highest BCUT2D eigenvalue weighted by atomic mass is 16.5. The van der Waals surface area contributed by atoms with Gasteiger partial charge in [0.15, 0.2) is 0 Å². The number of aromatic nitrogens is 4. The summed E-state index contributed by atoms with van der Waals surface area (Å²) in [6.45, 7) is 3.48. The Bertz CT molecular complexity index is 1030. The first kappa shape index (κ1) is 16.2. The van der Waals surface area contributed by atoms with Crippen molar-refractivity contribution in [3.63, 3.8) is 0 Å². The molecule has 0 amide bonds. The van der Waals surface area contributed by atoms with E-state index in [0.717, 1.165) is 55.6 Å². The number of anilines is 1. The number of aromatic amines is 1. The molecule has 5 rings (SSSR count). The fourth-order valence-corrected chi connectivity index (χ4v) is 4.42. The summed E-state index contributed by atoms with van der Waals surface area (Å²) in [5.41, 5.74) is 2.78. The van der Waals surface area contributed by atoms with Gasteiger partial charge in [-0.2, -0.15) is 4.98 Å². The molecule has 0 radical (unpaired) electrons. The third kappa shape index (κ3) is 2.65. The Balaban J connectivity index is 1.48. The van der Waals surface area contributed by atoms with Crippen molar-refractivity contribution < 1.29 is 4.52 Å². The van der Waals surface area contributed by atoms with Gasteiger partial charge >= 0.3 is 0 Å². The summed E-state index contributed by atoms with van der Waals surface area (Å²) in [6, 6.07) is 9.85. The van der Waals surface area contributed by atoms with E-state index in [2.05, 4.69) is 20.0 Å². The number of hydrogen-bond donors (Lipinski definition) is 1. The maximum Gasteiger partial charge on any atom is 0.266 e. The maximum atomic E-state index is 12.7. The van der Waals surface area contributed by atoms with Gasteiger partial charge in [0.05, 0.1) is 5.69 Å². The monoisotopic (exact) mass is 363 g/mol. The van der Waals surface area contributed by atoms with Crippen molar-refractivity contribution in [1.82, 2.24) is 20.1 Å². The third-order valence-corrected chi connectivity index (χ3v) is 5.94. The number of rotatable bonds is 2. The van der Waals surface area contributed by atoms with Gasteiger partial charge in [0.2, 0.25) is 5.89 Å². The summed E-state index contributed by atoms with van der Waals surface area (Å²) in [7, 11) is 0. The summed E-state index contributed by atoms with van der Waals surface area (Å²) in [4.78, 5) is 27.1. The van der Waals surface area contributed by atoms with Crippen LogP contribution in [0.3, 0.4) is 0 Å². The second kappa shape index (κ2) is 6.04. The molecular weight excluding hydrogens is 342 g/mol. The molecule has 3 aromatic rings. The lowest BCUT2D eigenvalue weighted by atomic mass is 9.76. The van der Waals surface area contributed by atoms with E-state index in [1.165, 1.54) is 0 Å². The first-order valence-electron chi connectivity index (χ1n) is 9.39. The molecule has 7 heteroatoms. The summed E-state index contributed by atoms with van der Waals surface area (Å²) in [6.07, 6.45) is 3.67. The fourth-order valence-electron chi connectivity index (χ4n) is 4.42. The van der Waals surface area contributed by atoms with Crippen LogP contribution in [0.1, 0.15) is 36.4 Å². The average Bonchev–Trinajstić information content (AvgIpc) is 3.28. The molecule has 3 heterocycles. The van der Waals surface area contributed by atoms with E-state index >= 15 is 0 Å². The Kier molecular flexibility index (Phi) is 3.63. The van der Waals surface area contributed by atoms with Crippen LogP contribution in [0.2, 0.25) is 0 Å². The minimum atomic E-state index is -0.0254. The predicted molar refractivity (Wildman–Crippen MR) is 101 cm³/mol. The van der Waals surface area contributed by atoms with E-state index < -0.39 is 0 Å². The largest absolute Gasteiger partial charge is 0.338 e. The molecule has 0 saturated carbocycles. The molecule has 2 aliphatic rings. The van der Waals surface area contributed by atoms with Crippen LogP contribution in [0.4, 0.5) is 5.95 Å². The van der Waals surface area contributed by atoms with Crippen molar-refractivity contribution in [2.24, 2.45) is 0 Å². The maximum absolute atomic E-state index is 12.7. The number of nitrogens with zero attached hydrogens (tertiary/aromatic N) is 4. The highest BCUT2D eigenvalue weighted by Gasteiger charge is 2.44. The van der Waals surface area contributed by atoms with Gasteiger partial charge in [-0.1, -0.05) is 30.3 Å². The Labute approximate surface area is 156 Å². The van der Waals surface area contributed by atoms with E-state index in [9.17, 15) is 4.79 Å². The second-order valence-corrected chi connectivity index (χ2v) is 7.49. The first-order chi connectivity index (χ1) is 13.1. The zero-order valence-electron chi connectivity index (χ0n) is 15.2. The predicted octanol–water partition coefficient (Wildman–Crippen LogP) is 2.61. The van der Waals surface area contributed by atoms with Gasteiger partial charge in [-0.05, 0) is 30.8 Å². The van der Waals surface area contributed by atoms with Crippen LogP contribution in [0.25, 0.3) is 11.4 Å². The van der Waals surface area contributed by atoms with E-state index in [0.29, 0.717) is 17.7 Å². The SMILES string of the molecule is Cc1nc(N2CCC3(CCc4c3nc(-c3ccccc3)[nH]c4=O)CC2)no1. The highest BCUT2D eigenvalue weighted by molar-refractivity contribution is 5.55. The molecule has 1 saturated heterocycles. The molecule has 27 heavy (non-hydrogen) atoms. The standard InChI is InChI=1S/C20H21N5O2/c1-13-21-19(24-27-13)25-11-9-20(10-12-25)8-7-15-16(20)22-17(23-18(15)26)14-5-3-2-4-6-14/h2-6H,7-12H2,1H3,(H,22,23,26). The van der Waals surface area contributed by atoms with Crippen molar-refractivity contribution in [2.75, 3.05) is 18.0 Å². The van der Waals surface area contributed by atoms with Crippen molar-refractivity contribution in [3.8, 4) is 11.4 Å². The molecule has 1 aliphatic heterocycles. The zero-order chi connectivity index (χ0) is 18.4. The number of H-pyrrole nitrogens is 1. The lowest BCUT2D eigenvalue weighted by Crippen LogP contribution is -2.42. The Morgan fingerprint density at radius 3 is 2.59 bits per heavy atom. The summed E-state index contributed by atoms with van der Waals surface area (Å²) < 4.78 is 5.11. The van der Waals surface area contributed by atoms with Crippen LogP contribution in [0.15, 0.2) is 39.6 Å². The number of hydrogen-bond acceptors (Lipinski definition) is 6. The molecule has 0 atom stereocenters. The third-order valence-electron chi connectivity index (χ3n) is 5.94. The summed E-state index contributed by atoms with van der Waals surface area (Å²) >= 11 is 0. The molecule has 2 aromatic heterocycles. The number of piperidine rings is 1. The average molecular weight is 363 g/mol. The van der Waals surface area contributed by atoms with Gasteiger partial charge in [0.1, 0.15) is 5.82 Å². The minimum absolute atomic E-state index is 0.00644. The van der Waals surface area contributed by atoms with Crippen LogP contribution in [0.5, 0.6) is 0 Å². The summed E-state index contributed by atoms with van der Waals surface area (Å²) in [5, 5.41) is 4.04. The molecule has 0 unspecified atom stereocenters. The quantitative estimate of drug-likeness (QED) is 0.753. The lowest BCUT2D eigenvalue weighted by Gasteiger charge is -2.38. The number of aryl methyl sites for hydroxylation is 1. The minimum Gasteiger partial charge on any atom is -0.338 e. The molecule has 1 aromatic carbocycles. The molecule has 138 valence electrons. The van der Waals surface area contributed by atoms with Crippen LogP contribution >= 0.6 is 0 Å². The molecule has 1 fully saturated rings. The molecule has 1 aliphatic carbocycles. The number of fused-ring (bicyclic) bond motifs is 2. The van der Waals surface area contributed by atoms with Gasteiger partial charge in [0, 0.05) is 36.6 Å². The van der Waals surface area contributed by atoms with E-state index in [4.69, 9.17) is 9.51 Å². The molecule has 1 N–H and O–H groups in total. The topological polar surface area (TPSA) is 87.9 Å². The molecular formula is C20H21N5O2. The molecule has 7 nitrogen and oxygen atoms in total. The van der Waals surface area contributed by atoms with Crippen LogP contribution in [-0.4, -0.2) is 33.2 Å². The lowest BCUT2D eigenvalue weighted by molar-refractivity contribution is 0.318. The Morgan fingerprint density at radius 1 is 1.11 bits per heavy atom. The van der Waals surface area contributed by atoms with Gasteiger partial charge < -0.3 is 14.4 Å². The van der Waals surface area contributed by atoms with Crippen molar-refractivity contribution in [1.29, 1.82) is 0 Å². The van der Waals surface area contributed by atoms with Crippen molar-refractivity contribution >= 4 is 5.95 Å². The van der Waals surface area contributed by atoms with Gasteiger partial charge in [-0.15, -0.1) is 0 Å². The molecule has 0 bridgehead atoms.